The van der Waals surface area contributed by atoms with E-state index in [1.165, 1.54) is 29.2 Å². The fourth-order valence-electron chi connectivity index (χ4n) is 5.74. The maximum atomic E-state index is 12.5. The second-order valence-corrected chi connectivity index (χ2v) is 12.1. The summed E-state index contributed by atoms with van der Waals surface area (Å²) in [5.74, 6) is 0.888. The zero-order valence-electron chi connectivity index (χ0n) is 25.2. The molecule has 2 fully saturated rings. The molecule has 0 bridgehead atoms. The number of ether oxygens (including phenoxy) is 2. The Labute approximate surface area is 266 Å². The number of anilines is 1. The van der Waals surface area contributed by atoms with Crippen LogP contribution < -0.4 is 10.6 Å². The van der Waals surface area contributed by atoms with Gasteiger partial charge in [0.05, 0.1) is 19.5 Å². The highest BCUT2D eigenvalue weighted by Gasteiger charge is 2.47. The molecule has 1 amide bonds. The molecule has 0 radical (unpaired) electrons. The second-order valence-electron chi connectivity index (χ2n) is 11.1. The van der Waals surface area contributed by atoms with Gasteiger partial charge in [0, 0.05) is 44.4 Å². The summed E-state index contributed by atoms with van der Waals surface area (Å²) in [5.41, 5.74) is 3.27. The van der Waals surface area contributed by atoms with Gasteiger partial charge in [-0.15, -0.1) is 0 Å². The third kappa shape index (κ3) is 7.13. The number of hydrogen-bond donors (Lipinski definition) is 4. The molecule has 13 heteroatoms. The molecule has 12 nitrogen and oxygen atoms in total. The van der Waals surface area contributed by atoms with Gasteiger partial charge in [0.25, 0.3) is 5.91 Å². The van der Waals surface area contributed by atoms with E-state index in [4.69, 9.17) is 19.4 Å². The zero-order valence-corrected chi connectivity index (χ0v) is 26.0. The summed E-state index contributed by atoms with van der Waals surface area (Å²) in [6.45, 7) is 6.83. The summed E-state index contributed by atoms with van der Waals surface area (Å²) in [6.07, 6.45) is -3.54. The number of amides is 1. The van der Waals surface area contributed by atoms with E-state index in [0.717, 1.165) is 38.6 Å². The lowest BCUT2D eigenvalue weighted by atomic mass is 9.91. The molecule has 2 saturated heterocycles. The van der Waals surface area contributed by atoms with Crippen LogP contribution in [0.4, 0.5) is 5.82 Å². The number of aliphatic hydroxyl groups is 2. The number of benzene rings is 2. The summed E-state index contributed by atoms with van der Waals surface area (Å²) >= 11 is 1.54. The lowest BCUT2D eigenvalue weighted by molar-refractivity contribution is -0.137. The first kappa shape index (κ1) is 31.4. The molecule has 2 aliphatic heterocycles. The van der Waals surface area contributed by atoms with Gasteiger partial charge in [-0.1, -0.05) is 72.4 Å². The Bertz CT molecular complexity index is 1510. The van der Waals surface area contributed by atoms with Crippen LogP contribution in [0.3, 0.4) is 0 Å². The van der Waals surface area contributed by atoms with Gasteiger partial charge in [-0.25, -0.2) is 15.0 Å². The Morgan fingerprint density at radius 2 is 1.71 bits per heavy atom. The molecule has 0 unspecified atom stereocenters. The third-order valence-electron chi connectivity index (χ3n) is 8.14. The van der Waals surface area contributed by atoms with Gasteiger partial charge in [-0.3, -0.25) is 14.3 Å². The number of carbonyl (C=O) groups is 1. The molecule has 2 aromatic carbocycles. The number of aromatic nitrogens is 4. The Balaban J connectivity index is 1.30. The molecule has 4 aromatic rings. The number of nitrogens with zero attached hydrogens (tertiary/aromatic N) is 5. The van der Waals surface area contributed by atoms with Crippen molar-refractivity contribution in [3.8, 4) is 0 Å². The smallest absolute Gasteiger partial charge is 0.252 e. The number of fused-ring (bicyclic) bond motifs is 1. The Morgan fingerprint density at radius 1 is 1.02 bits per heavy atom. The number of carbonyl (C=O) groups excluding carboxylic acids is 1. The average molecular weight is 634 g/mol. The number of rotatable bonds is 12. The number of thioether (sulfide) groups is 1. The largest absolute Gasteiger partial charge is 0.387 e. The van der Waals surface area contributed by atoms with Gasteiger partial charge in [-0.05, 0) is 18.1 Å². The quantitative estimate of drug-likeness (QED) is 0.135. The molecular weight excluding hydrogens is 594 g/mol. The fourth-order valence-corrected chi connectivity index (χ4v) is 6.58. The maximum Gasteiger partial charge on any atom is 0.252 e. The summed E-state index contributed by atoms with van der Waals surface area (Å²) in [4.78, 5) is 29.2. The van der Waals surface area contributed by atoms with Crippen molar-refractivity contribution in [3.63, 3.8) is 0 Å². The van der Waals surface area contributed by atoms with E-state index in [9.17, 15) is 15.0 Å². The van der Waals surface area contributed by atoms with Crippen LogP contribution in [0.1, 0.15) is 30.2 Å². The van der Waals surface area contributed by atoms with E-state index in [1.807, 2.05) is 36.4 Å². The monoisotopic (exact) mass is 633 g/mol. The minimum Gasteiger partial charge on any atom is -0.387 e. The Morgan fingerprint density at radius 3 is 2.38 bits per heavy atom. The van der Waals surface area contributed by atoms with Gasteiger partial charge in [-0.2, -0.15) is 0 Å². The van der Waals surface area contributed by atoms with Crippen LogP contribution >= 0.6 is 11.8 Å². The van der Waals surface area contributed by atoms with Crippen LogP contribution in [0.15, 0.2) is 72.1 Å². The minimum absolute atomic E-state index is 0.0462. The van der Waals surface area contributed by atoms with Crippen molar-refractivity contribution in [2.24, 2.45) is 0 Å². The molecule has 6 rings (SSSR count). The molecule has 4 atom stereocenters. The molecule has 45 heavy (non-hydrogen) atoms. The molecule has 4 heterocycles. The zero-order chi connectivity index (χ0) is 31.2. The van der Waals surface area contributed by atoms with E-state index in [1.54, 1.807) is 11.5 Å². The summed E-state index contributed by atoms with van der Waals surface area (Å²) in [6, 6.07) is 20.6. The van der Waals surface area contributed by atoms with Crippen LogP contribution in [-0.4, -0.2) is 111 Å². The Kier molecular flexibility index (Phi) is 10.2. The Hall–Kier alpha value is -3.59. The lowest BCUT2D eigenvalue weighted by Crippen LogP contribution is -2.42. The van der Waals surface area contributed by atoms with Crippen LogP contribution in [-0.2, 0) is 14.3 Å². The molecule has 4 N–H and O–H groups in total. The van der Waals surface area contributed by atoms with E-state index in [0.29, 0.717) is 35.2 Å². The normalized spacial score (nSPS) is 22.2. The SMILES string of the molecule is CCNC(=O)[C@H]1O[C@@H](n2cnc3c(NCC(c4ccccc4)c4ccccc4)nc(SCCN4CCOCC4)nc32)[C@H](O)[C@@H]1O. The fraction of sp³-hybridized carbons (Fsp3) is 0.438. The number of hydrogen-bond acceptors (Lipinski definition) is 11. The number of morpholine rings is 1. The molecule has 2 aliphatic rings. The van der Waals surface area contributed by atoms with Crippen LogP contribution in [0.25, 0.3) is 11.2 Å². The van der Waals surface area contributed by atoms with Gasteiger partial charge < -0.3 is 30.3 Å². The van der Waals surface area contributed by atoms with Crippen molar-refractivity contribution in [2.75, 3.05) is 57.0 Å². The van der Waals surface area contributed by atoms with Crippen molar-refractivity contribution < 1.29 is 24.5 Å². The van der Waals surface area contributed by atoms with Crippen molar-refractivity contribution in [2.45, 2.75) is 42.5 Å². The summed E-state index contributed by atoms with van der Waals surface area (Å²) in [5, 5.41) is 28.4. The van der Waals surface area contributed by atoms with Crippen molar-refractivity contribution in [3.05, 3.63) is 78.1 Å². The van der Waals surface area contributed by atoms with Crippen LogP contribution in [0, 0.1) is 0 Å². The number of aliphatic hydroxyl groups excluding tert-OH is 2. The van der Waals surface area contributed by atoms with Gasteiger partial charge in [0.15, 0.2) is 34.5 Å². The second kappa shape index (κ2) is 14.7. The molecule has 2 aromatic heterocycles. The maximum absolute atomic E-state index is 12.5. The van der Waals surface area contributed by atoms with E-state index >= 15 is 0 Å². The lowest BCUT2D eigenvalue weighted by Gasteiger charge is -2.26. The third-order valence-corrected chi connectivity index (χ3v) is 8.97. The van der Waals surface area contributed by atoms with Gasteiger partial charge in [0.2, 0.25) is 0 Å². The van der Waals surface area contributed by atoms with Gasteiger partial charge >= 0.3 is 0 Å². The predicted molar refractivity (Wildman–Crippen MR) is 171 cm³/mol. The average Bonchev–Trinajstić information content (AvgIpc) is 3.63. The highest BCUT2D eigenvalue weighted by Crippen LogP contribution is 2.34. The molecule has 0 spiro atoms. The first-order chi connectivity index (χ1) is 22.0. The summed E-state index contributed by atoms with van der Waals surface area (Å²) in [7, 11) is 0. The van der Waals surface area contributed by atoms with Crippen molar-refractivity contribution in [1.29, 1.82) is 0 Å². The predicted octanol–water partition coefficient (Wildman–Crippen LogP) is 2.25. The molecule has 0 aliphatic carbocycles. The van der Waals surface area contributed by atoms with Crippen molar-refractivity contribution in [1.82, 2.24) is 29.7 Å². The standard InChI is InChI=1S/C32H39N7O5S/c1-2-33-30(42)27-25(40)26(41)31(44-27)39-20-35-24-28(36-32(37-29(24)39)45-18-15-38-13-16-43-17-14-38)34-19-23(21-9-5-3-6-10-21)22-11-7-4-8-12-22/h3-12,20,23,25-27,31,40-41H,2,13-19H2,1H3,(H,33,42)(H,34,36,37)/t25-,26+,27-,31+/m0/s1. The highest BCUT2D eigenvalue weighted by molar-refractivity contribution is 7.99. The molecule has 238 valence electrons. The minimum atomic E-state index is -1.40. The van der Waals surface area contributed by atoms with E-state index in [-0.39, 0.29) is 5.92 Å². The van der Waals surface area contributed by atoms with Crippen molar-refractivity contribution >= 4 is 34.7 Å². The number of imidazole rings is 1. The molecular formula is C32H39N7O5S. The van der Waals surface area contributed by atoms with Crippen LogP contribution in [0.5, 0.6) is 0 Å². The summed E-state index contributed by atoms with van der Waals surface area (Å²) < 4.78 is 13.0. The number of nitrogens with one attached hydrogen (secondary N) is 2. The van der Waals surface area contributed by atoms with Crippen LogP contribution in [0.2, 0.25) is 0 Å². The highest BCUT2D eigenvalue weighted by atomic mass is 32.2. The topological polar surface area (TPSA) is 147 Å². The van der Waals surface area contributed by atoms with Gasteiger partial charge in [0.1, 0.15) is 12.2 Å². The first-order valence-corrected chi connectivity index (χ1v) is 16.3. The molecule has 0 saturated carbocycles. The number of likely N-dealkylation sites (N-methyl/N-ethyl adjacent to an activating group) is 1. The van der Waals surface area contributed by atoms with E-state index in [2.05, 4.69) is 44.8 Å². The van der Waals surface area contributed by atoms with E-state index < -0.39 is 30.4 Å². The first-order valence-electron chi connectivity index (χ1n) is 15.3.